The number of fused-ring (bicyclic) bond motifs is 1. The lowest BCUT2D eigenvalue weighted by molar-refractivity contribution is -0.0615. The van der Waals surface area contributed by atoms with Crippen molar-refractivity contribution in [2.45, 2.75) is 30.3 Å². The van der Waals surface area contributed by atoms with Crippen LogP contribution in [0.5, 0.6) is 11.5 Å². The predicted molar refractivity (Wildman–Crippen MR) is 95.3 cm³/mol. The minimum absolute atomic E-state index is 0.0338. The summed E-state index contributed by atoms with van der Waals surface area (Å²) in [5.74, 6) is 0.602. The fourth-order valence-electron chi connectivity index (χ4n) is 4.20. The Kier molecular flexibility index (Phi) is 4.63. The zero-order valence-corrected chi connectivity index (χ0v) is 15.3. The first-order chi connectivity index (χ1) is 13.0. The van der Waals surface area contributed by atoms with Gasteiger partial charge in [-0.15, -0.1) is 0 Å². The van der Waals surface area contributed by atoms with Crippen molar-refractivity contribution in [1.82, 2.24) is 0 Å². The second-order valence-electron chi connectivity index (χ2n) is 7.18. The first kappa shape index (κ1) is 18.3. The summed E-state index contributed by atoms with van der Waals surface area (Å²) in [7, 11) is 3.00. The summed E-state index contributed by atoms with van der Waals surface area (Å²) < 4.78 is 22.3. The first-order valence-corrected chi connectivity index (χ1v) is 8.94. The molecule has 146 valence electrons. The van der Waals surface area contributed by atoms with E-state index in [0.717, 1.165) is 11.1 Å². The number of methoxy groups -OCH3 is 2. The maximum atomic E-state index is 11.4. The normalized spacial score (nSPS) is 35.4. The highest BCUT2D eigenvalue weighted by Crippen LogP contribution is 2.51. The van der Waals surface area contributed by atoms with E-state index in [4.69, 9.17) is 18.9 Å². The molecule has 5 atom stereocenters. The van der Waals surface area contributed by atoms with Crippen molar-refractivity contribution in [2.24, 2.45) is 5.92 Å². The molecular weight excluding hydrogens is 352 g/mol. The van der Waals surface area contributed by atoms with Crippen molar-refractivity contribution >= 4 is 0 Å². The lowest BCUT2D eigenvalue weighted by atomic mass is 9.80. The van der Waals surface area contributed by atoms with Crippen LogP contribution in [0, 0.1) is 5.92 Å². The summed E-state index contributed by atoms with van der Waals surface area (Å²) >= 11 is 0. The summed E-state index contributed by atoms with van der Waals surface area (Å²) in [6.45, 7) is 0.470. The molecule has 1 aliphatic carbocycles. The molecule has 3 N–H and O–H groups in total. The smallest absolute Gasteiger partial charge is 0.160 e. The Morgan fingerprint density at radius 3 is 2.74 bits per heavy atom. The first-order valence-electron chi connectivity index (χ1n) is 8.94. The van der Waals surface area contributed by atoms with Crippen molar-refractivity contribution in [3.63, 3.8) is 0 Å². The molecule has 7 heteroatoms. The van der Waals surface area contributed by atoms with Gasteiger partial charge in [0.15, 0.2) is 11.5 Å². The lowest BCUT2D eigenvalue weighted by Crippen LogP contribution is -2.40. The number of phenolic OH excluding ortho intramolecular Hbond substituents is 1. The average molecular weight is 376 g/mol. The highest BCUT2D eigenvalue weighted by Gasteiger charge is 2.59. The van der Waals surface area contributed by atoms with E-state index in [1.165, 1.54) is 20.3 Å². The van der Waals surface area contributed by atoms with Crippen molar-refractivity contribution in [2.75, 3.05) is 27.4 Å². The van der Waals surface area contributed by atoms with Crippen molar-refractivity contribution < 1.29 is 34.3 Å². The van der Waals surface area contributed by atoms with Gasteiger partial charge in [-0.25, -0.2) is 0 Å². The SMILES string of the molecule is COC1=CC([C@H]2OC[C@]3(O)[C@@H](c4ccc(O)c(OC)c4)OC[C@H]23)=CCC1O. The van der Waals surface area contributed by atoms with E-state index in [0.29, 0.717) is 24.5 Å². The summed E-state index contributed by atoms with van der Waals surface area (Å²) in [6.07, 6.45) is 2.57. The second kappa shape index (κ2) is 6.83. The highest BCUT2D eigenvalue weighted by atomic mass is 16.6. The Hall–Kier alpha value is -2.06. The van der Waals surface area contributed by atoms with Crippen LogP contribution in [0.4, 0.5) is 0 Å². The molecule has 4 rings (SSSR count). The molecule has 2 aliphatic heterocycles. The summed E-state index contributed by atoms with van der Waals surface area (Å²) in [5.41, 5.74) is 0.413. The van der Waals surface area contributed by atoms with Crippen LogP contribution in [0.25, 0.3) is 0 Å². The number of benzene rings is 1. The number of aliphatic hydroxyl groups excluding tert-OH is 1. The molecule has 1 aromatic carbocycles. The topological polar surface area (TPSA) is 97.6 Å². The van der Waals surface area contributed by atoms with E-state index in [-0.39, 0.29) is 24.4 Å². The fourth-order valence-corrected chi connectivity index (χ4v) is 4.20. The maximum Gasteiger partial charge on any atom is 0.160 e. The molecule has 0 aromatic heterocycles. The minimum atomic E-state index is -1.19. The van der Waals surface area contributed by atoms with Gasteiger partial charge in [0.25, 0.3) is 0 Å². The van der Waals surface area contributed by atoms with Gasteiger partial charge in [-0.05, 0) is 35.8 Å². The van der Waals surface area contributed by atoms with Gasteiger partial charge >= 0.3 is 0 Å². The largest absolute Gasteiger partial charge is 0.504 e. The number of aromatic hydroxyl groups is 1. The summed E-state index contributed by atoms with van der Waals surface area (Å²) in [4.78, 5) is 0. The molecule has 27 heavy (non-hydrogen) atoms. The van der Waals surface area contributed by atoms with Crippen LogP contribution in [-0.2, 0) is 14.2 Å². The number of rotatable bonds is 4. The quantitative estimate of drug-likeness (QED) is 0.731. The number of ether oxygens (including phenoxy) is 4. The Balaban J connectivity index is 1.60. The molecule has 2 heterocycles. The van der Waals surface area contributed by atoms with Gasteiger partial charge < -0.3 is 34.3 Å². The predicted octanol–water partition coefficient (Wildman–Crippen LogP) is 1.44. The third-order valence-corrected chi connectivity index (χ3v) is 5.68. The van der Waals surface area contributed by atoms with Gasteiger partial charge in [0.1, 0.15) is 23.6 Å². The highest BCUT2D eigenvalue weighted by molar-refractivity contribution is 5.44. The second-order valence-corrected chi connectivity index (χ2v) is 7.18. The molecule has 1 aromatic rings. The van der Waals surface area contributed by atoms with Crippen LogP contribution < -0.4 is 4.74 Å². The number of hydrogen-bond acceptors (Lipinski definition) is 7. The molecule has 3 aliphatic rings. The van der Waals surface area contributed by atoms with E-state index in [1.54, 1.807) is 18.2 Å². The summed E-state index contributed by atoms with van der Waals surface area (Å²) in [6, 6.07) is 4.92. The average Bonchev–Trinajstić information content (AvgIpc) is 3.17. The molecule has 0 saturated carbocycles. The van der Waals surface area contributed by atoms with Gasteiger partial charge in [0, 0.05) is 5.92 Å². The van der Waals surface area contributed by atoms with Gasteiger partial charge in [0.2, 0.25) is 0 Å². The molecular formula is C20H24O7. The molecule has 7 nitrogen and oxygen atoms in total. The standard InChI is InChI=1S/C20H24O7/c1-24-16-7-11(3-5-14(16)21)18-13-9-26-19(20(13,23)10-27-18)12-4-6-15(22)17(8-12)25-2/h3-4,6-8,13-14,18-19,21-23H,5,9-10H2,1-2H3/t13-,14?,18-,19-,20-/m1/s1. The Labute approximate surface area is 157 Å². The van der Waals surface area contributed by atoms with E-state index in [2.05, 4.69) is 0 Å². The van der Waals surface area contributed by atoms with E-state index < -0.39 is 17.8 Å². The van der Waals surface area contributed by atoms with Crippen LogP contribution >= 0.6 is 0 Å². The van der Waals surface area contributed by atoms with Crippen LogP contribution in [0.3, 0.4) is 0 Å². The van der Waals surface area contributed by atoms with Crippen LogP contribution in [0.2, 0.25) is 0 Å². The van der Waals surface area contributed by atoms with Crippen molar-refractivity contribution in [1.29, 1.82) is 0 Å². The Morgan fingerprint density at radius 1 is 1.19 bits per heavy atom. The van der Waals surface area contributed by atoms with Crippen LogP contribution in [-0.4, -0.2) is 60.6 Å². The molecule has 0 amide bonds. The number of hydrogen-bond donors (Lipinski definition) is 3. The van der Waals surface area contributed by atoms with E-state index in [9.17, 15) is 15.3 Å². The van der Waals surface area contributed by atoms with E-state index >= 15 is 0 Å². The Bertz CT molecular complexity index is 787. The number of aliphatic hydroxyl groups is 2. The third kappa shape index (κ3) is 2.91. The van der Waals surface area contributed by atoms with Crippen molar-refractivity contribution in [3.8, 4) is 11.5 Å². The van der Waals surface area contributed by atoms with Gasteiger partial charge in [-0.2, -0.15) is 0 Å². The minimum Gasteiger partial charge on any atom is -0.504 e. The molecule has 0 radical (unpaired) electrons. The van der Waals surface area contributed by atoms with Gasteiger partial charge in [0.05, 0.1) is 33.5 Å². The van der Waals surface area contributed by atoms with Gasteiger partial charge in [-0.1, -0.05) is 12.1 Å². The van der Waals surface area contributed by atoms with Gasteiger partial charge in [-0.3, -0.25) is 0 Å². The fraction of sp³-hybridized carbons (Fsp3) is 0.500. The number of phenols is 1. The molecule has 0 spiro atoms. The Morgan fingerprint density at radius 2 is 2.00 bits per heavy atom. The van der Waals surface area contributed by atoms with Crippen molar-refractivity contribution in [3.05, 3.63) is 47.2 Å². The lowest BCUT2D eigenvalue weighted by Gasteiger charge is -2.28. The van der Waals surface area contributed by atoms with E-state index in [1.807, 2.05) is 6.08 Å². The summed E-state index contributed by atoms with van der Waals surface area (Å²) in [5, 5.41) is 31.1. The van der Waals surface area contributed by atoms with Crippen LogP contribution in [0.1, 0.15) is 18.1 Å². The maximum absolute atomic E-state index is 11.4. The van der Waals surface area contributed by atoms with Crippen LogP contribution in [0.15, 0.2) is 41.7 Å². The molecule has 0 bridgehead atoms. The third-order valence-electron chi connectivity index (χ3n) is 5.68. The monoisotopic (exact) mass is 376 g/mol. The molecule has 1 unspecified atom stereocenters. The molecule has 2 fully saturated rings. The zero-order chi connectivity index (χ0) is 19.2. The zero-order valence-electron chi connectivity index (χ0n) is 15.3. The molecule has 2 saturated heterocycles.